The molecule has 0 aromatic heterocycles. The maximum atomic E-state index is 2.26. The molecule has 0 radical (unpaired) electrons. The summed E-state index contributed by atoms with van der Waals surface area (Å²) in [5, 5.41) is 0. The topological polar surface area (TPSA) is 3.24 Å². The first-order valence-corrected chi connectivity index (χ1v) is 4.42. The Labute approximate surface area is 65.4 Å². The fraction of sp³-hybridized carbons (Fsp3) is 1.00. The van der Waals surface area contributed by atoms with E-state index < -0.39 is 0 Å². The Hall–Kier alpha value is -0.0400. The molecule has 0 N–H and O–H groups in total. The third-order valence-corrected chi connectivity index (χ3v) is 1.71. The SMILES string of the molecule is CCCCCCCN(C)C. The van der Waals surface area contributed by atoms with Crippen molar-refractivity contribution in [1.29, 1.82) is 0 Å². The van der Waals surface area contributed by atoms with E-state index in [9.17, 15) is 0 Å². The summed E-state index contributed by atoms with van der Waals surface area (Å²) in [6.45, 7) is 3.51. The van der Waals surface area contributed by atoms with Crippen molar-refractivity contribution in [3.8, 4) is 0 Å². The maximum Gasteiger partial charge on any atom is -0.00248 e. The molecule has 0 aliphatic heterocycles. The van der Waals surface area contributed by atoms with Crippen molar-refractivity contribution < 1.29 is 0 Å². The minimum atomic E-state index is 1.25. The van der Waals surface area contributed by atoms with E-state index in [1.807, 2.05) is 0 Å². The van der Waals surface area contributed by atoms with Gasteiger partial charge >= 0.3 is 0 Å². The predicted octanol–water partition coefficient (Wildman–Crippen LogP) is 2.52. The lowest BCUT2D eigenvalue weighted by Crippen LogP contribution is -2.12. The summed E-state index contributed by atoms with van der Waals surface area (Å²) >= 11 is 0. The molecule has 1 heteroatoms. The first-order valence-electron chi connectivity index (χ1n) is 4.42. The largest absolute Gasteiger partial charge is 0.309 e. The van der Waals surface area contributed by atoms with E-state index in [0.717, 1.165) is 0 Å². The van der Waals surface area contributed by atoms with Gasteiger partial charge in [-0.3, -0.25) is 0 Å². The van der Waals surface area contributed by atoms with Crippen LogP contribution in [0.4, 0.5) is 0 Å². The molecule has 0 fully saturated rings. The molecular formula is C9H21N. The van der Waals surface area contributed by atoms with E-state index >= 15 is 0 Å². The number of nitrogens with zero attached hydrogens (tertiary/aromatic N) is 1. The summed E-state index contributed by atoms with van der Waals surface area (Å²) in [4.78, 5) is 2.26. The first kappa shape index (κ1) is 9.96. The van der Waals surface area contributed by atoms with Crippen molar-refractivity contribution >= 4 is 0 Å². The fourth-order valence-electron chi connectivity index (χ4n) is 1.03. The summed E-state index contributed by atoms with van der Waals surface area (Å²) in [6.07, 6.45) is 6.96. The van der Waals surface area contributed by atoms with Gasteiger partial charge in [0.05, 0.1) is 0 Å². The van der Waals surface area contributed by atoms with Gasteiger partial charge < -0.3 is 4.90 Å². The quantitative estimate of drug-likeness (QED) is 0.516. The van der Waals surface area contributed by atoms with Crippen molar-refractivity contribution in [1.82, 2.24) is 4.90 Å². The Morgan fingerprint density at radius 1 is 0.900 bits per heavy atom. The maximum absolute atomic E-state index is 2.26. The minimum Gasteiger partial charge on any atom is -0.309 e. The van der Waals surface area contributed by atoms with E-state index in [-0.39, 0.29) is 0 Å². The van der Waals surface area contributed by atoms with Crippen LogP contribution in [0.25, 0.3) is 0 Å². The Morgan fingerprint density at radius 2 is 1.50 bits per heavy atom. The molecule has 0 saturated heterocycles. The summed E-state index contributed by atoms with van der Waals surface area (Å²) in [5.74, 6) is 0. The number of hydrogen-bond acceptors (Lipinski definition) is 1. The lowest BCUT2D eigenvalue weighted by Gasteiger charge is -2.07. The monoisotopic (exact) mass is 143 g/mol. The molecule has 0 aliphatic rings. The molecule has 0 unspecified atom stereocenters. The third kappa shape index (κ3) is 7.96. The highest BCUT2D eigenvalue weighted by atomic mass is 15.0. The smallest absolute Gasteiger partial charge is 0.00248 e. The van der Waals surface area contributed by atoms with Gasteiger partial charge in [-0.25, -0.2) is 0 Å². The van der Waals surface area contributed by atoms with Crippen LogP contribution < -0.4 is 0 Å². The first-order chi connectivity index (χ1) is 4.77. The zero-order valence-corrected chi connectivity index (χ0v) is 7.69. The van der Waals surface area contributed by atoms with Crippen LogP contribution in [0.15, 0.2) is 0 Å². The normalized spacial score (nSPS) is 10.8. The summed E-state index contributed by atoms with van der Waals surface area (Å²) < 4.78 is 0. The molecule has 0 aromatic carbocycles. The Bertz CT molecular complexity index is 59.7. The van der Waals surface area contributed by atoms with E-state index in [0.29, 0.717) is 0 Å². The minimum absolute atomic E-state index is 1.25. The zero-order valence-electron chi connectivity index (χ0n) is 7.69. The van der Waals surface area contributed by atoms with Crippen LogP contribution in [0, 0.1) is 0 Å². The van der Waals surface area contributed by atoms with Crippen LogP contribution in [-0.2, 0) is 0 Å². The van der Waals surface area contributed by atoms with Crippen LogP contribution in [0.3, 0.4) is 0 Å². The molecule has 0 aromatic rings. The van der Waals surface area contributed by atoms with Crippen molar-refractivity contribution in [3.05, 3.63) is 0 Å². The van der Waals surface area contributed by atoms with Crippen molar-refractivity contribution in [2.45, 2.75) is 39.0 Å². The van der Waals surface area contributed by atoms with Gasteiger partial charge in [0, 0.05) is 0 Å². The summed E-state index contributed by atoms with van der Waals surface area (Å²) in [6, 6.07) is 0. The number of rotatable bonds is 6. The molecule has 0 rings (SSSR count). The van der Waals surface area contributed by atoms with Crippen LogP contribution in [0.1, 0.15) is 39.0 Å². The van der Waals surface area contributed by atoms with Gasteiger partial charge in [-0.05, 0) is 27.1 Å². The molecule has 0 aliphatic carbocycles. The molecule has 0 amide bonds. The number of unbranched alkanes of at least 4 members (excludes halogenated alkanes) is 4. The van der Waals surface area contributed by atoms with Gasteiger partial charge in [0.2, 0.25) is 0 Å². The molecule has 0 spiro atoms. The van der Waals surface area contributed by atoms with Gasteiger partial charge in [0.15, 0.2) is 0 Å². The highest BCUT2D eigenvalue weighted by Gasteiger charge is 1.89. The van der Waals surface area contributed by atoms with Crippen molar-refractivity contribution in [3.63, 3.8) is 0 Å². The van der Waals surface area contributed by atoms with E-state index in [4.69, 9.17) is 0 Å². The predicted molar refractivity (Wildman–Crippen MR) is 47.3 cm³/mol. The van der Waals surface area contributed by atoms with Crippen LogP contribution in [-0.4, -0.2) is 25.5 Å². The van der Waals surface area contributed by atoms with Gasteiger partial charge in [-0.2, -0.15) is 0 Å². The zero-order chi connectivity index (χ0) is 7.82. The Morgan fingerprint density at radius 3 is 2.00 bits per heavy atom. The fourth-order valence-corrected chi connectivity index (χ4v) is 1.03. The van der Waals surface area contributed by atoms with Gasteiger partial charge in [-0.15, -0.1) is 0 Å². The number of hydrogen-bond donors (Lipinski definition) is 0. The molecule has 0 saturated carbocycles. The molecule has 0 bridgehead atoms. The van der Waals surface area contributed by atoms with E-state index in [1.165, 1.54) is 38.6 Å². The molecule has 0 atom stereocenters. The summed E-state index contributed by atoms with van der Waals surface area (Å²) in [7, 11) is 4.28. The second-order valence-corrected chi connectivity index (χ2v) is 3.22. The van der Waals surface area contributed by atoms with Crippen LogP contribution in [0.5, 0.6) is 0 Å². The van der Waals surface area contributed by atoms with Gasteiger partial charge in [0.1, 0.15) is 0 Å². The highest BCUT2D eigenvalue weighted by Crippen LogP contribution is 2.01. The Balaban J connectivity index is 2.77. The second-order valence-electron chi connectivity index (χ2n) is 3.22. The molecule has 62 valence electrons. The Kier molecular flexibility index (Phi) is 7.04. The van der Waals surface area contributed by atoms with Gasteiger partial charge in [0.25, 0.3) is 0 Å². The van der Waals surface area contributed by atoms with Crippen LogP contribution >= 0.6 is 0 Å². The van der Waals surface area contributed by atoms with E-state index in [1.54, 1.807) is 0 Å². The second kappa shape index (κ2) is 7.07. The molecular weight excluding hydrogens is 122 g/mol. The average molecular weight is 143 g/mol. The molecule has 10 heavy (non-hydrogen) atoms. The summed E-state index contributed by atoms with van der Waals surface area (Å²) in [5.41, 5.74) is 0. The molecule has 1 nitrogen and oxygen atoms in total. The van der Waals surface area contributed by atoms with Crippen LogP contribution in [0.2, 0.25) is 0 Å². The molecule has 0 heterocycles. The van der Waals surface area contributed by atoms with E-state index in [2.05, 4.69) is 25.9 Å². The third-order valence-electron chi connectivity index (χ3n) is 1.71. The standard InChI is InChI=1S/C9H21N/c1-4-5-6-7-8-9-10(2)3/h4-9H2,1-3H3. The van der Waals surface area contributed by atoms with Crippen molar-refractivity contribution in [2.75, 3.05) is 20.6 Å². The van der Waals surface area contributed by atoms with Crippen molar-refractivity contribution in [2.24, 2.45) is 0 Å². The lowest BCUT2D eigenvalue weighted by atomic mass is 10.1. The van der Waals surface area contributed by atoms with Gasteiger partial charge in [-0.1, -0.05) is 32.6 Å². The highest BCUT2D eigenvalue weighted by molar-refractivity contribution is 4.45. The average Bonchev–Trinajstić information content (AvgIpc) is 1.87. The lowest BCUT2D eigenvalue weighted by molar-refractivity contribution is 0.390.